The maximum Gasteiger partial charge on any atom is 0.137 e. The summed E-state index contributed by atoms with van der Waals surface area (Å²) >= 11 is 6.12. The summed E-state index contributed by atoms with van der Waals surface area (Å²) in [6.45, 7) is 4.50. The van der Waals surface area contributed by atoms with Gasteiger partial charge in [-0.2, -0.15) is 0 Å². The maximum absolute atomic E-state index is 10.2. The van der Waals surface area contributed by atoms with Crippen LogP contribution in [0.15, 0.2) is 18.2 Å². The molecule has 1 aliphatic carbocycles. The number of rotatable bonds is 6. The monoisotopic (exact) mass is 269 g/mol. The lowest BCUT2D eigenvalue weighted by atomic mass is 10.0. The number of nitrogens with one attached hydrogen (secondary N) is 1. The second-order valence-corrected chi connectivity index (χ2v) is 5.20. The number of hydrogen-bond acceptors (Lipinski definition) is 3. The molecule has 2 atom stereocenters. The van der Waals surface area contributed by atoms with Crippen molar-refractivity contribution in [1.82, 2.24) is 5.32 Å². The highest BCUT2D eigenvalue weighted by Crippen LogP contribution is 2.30. The van der Waals surface area contributed by atoms with E-state index in [9.17, 15) is 5.11 Å². The van der Waals surface area contributed by atoms with Gasteiger partial charge in [0.15, 0.2) is 0 Å². The lowest BCUT2D eigenvalue weighted by Crippen LogP contribution is -2.33. The van der Waals surface area contributed by atoms with E-state index in [1.807, 2.05) is 26.0 Å². The van der Waals surface area contributed by atoms with E-state index in [2.05, 4.69) is 5.32 Å². The second-order valence-electron chi connectivity index (χ2n) is 4.80. The van der Waals surface area contributed by atoms with Crippen LogP contribution in [0, 0.1) is 0 Å². The number of benzene rings is 1. The highest BCUT2D eigenvalue weighted by atomic mass is 35.5. The Labute approximate surface area is 113 Å². The predicted octanol–water partition coefficient (Wildman–Crippen LogP) is 2.91. The molecule has 4 heteroatoms. The van der Waals surface area contributed by atoms with Gasteiger partial charge in [0.2, 0.25) is 0 Å². The fraction of sp³-hybridized carbons (Fsp3) is 0.571. The minimum absolute atomic E-state index is 0.0338. The summed E-state index contributed by atoms with van der Waals surface area (Å²) in [5.41, 5.74) is 0.823. The lowest BCUT2D eigenvalue weighted by molar-refractivity contribution is 0.135. The van der Waals surface area contributed by atoms with E-state index in [-0.39, 0.29) is 6.04 Å². The summed E-state index contributed by atoms with van der Waals surface area (Å²) in [7, 11) is 0. The van der Waals surface area contributed by atoms with Crippen LogP contribution >= 0.6 is 11.6 Å². The Morgan fingerprint density at radius 3 is 2.78 bits per heavy atom. The van der Waals surface area contributed by atoms with Crippen LogP contribution in [0.4, 0.5) is 0 Å². The Bertz CT molecular complexity index is 407. The van der Waals surface area contributed by atoms with Crippen LogP contribution in [0.3, 0.4) is 0 Å². The molecule has 0 radical (unpaired) electrons. The molecule has 0 bridgehead atoms. The third-order valence-electron chi connectivity index (χ3n) is 3.15. The summed E-state index contributed by atoms with van der Waals surface area (Å²) in [6.07, 6.45) is 1.88. The standard InChI is InChI=1S/C14H20ClNO2/c1-3-18-13-7-4-10(8-12(13)15)14(17)9(2)16-11-5-6-11/h4,7-9,11,14,16-17H,3,5-6H2,1-2H3. The highest BCUT2D eigenvalue weighted by molar-refractivity contribution is 6.32. The van der Waals surface area contributed by atoms with Gasteiger partial charge in [0.25, 0.3) is 0 Å². The van der Waals surface area contributed by atoms with E-state index in [1.165, 1.54) is 12.8 Å². The van der Waals surface area contributed by atoms with Gasteiger partial charge in [0, 0.05) is 12.1 Å². The fourth-order valence-electron chi connectivity index (χ4n) is 1.98. The van der Waals surface area contributed by atoms with E-state index in [0.29, 0.717) is 23.4 Å². The first kappa shape index (κ1) is 13.7. The molecular weight excluding hydrogens is 250 g/mol. The van der Waals surface area contributed by atoms with Crippen LogP contribution in [0.5, 0.6) is 5.75 Å². The third-order valence-corrected chi connectivity index (χ3v) is 3.44. The van der Waals surface area contributed by atoms with Gasteiger partial charge in [-0.3, -0.25) is 0 Å². The minimum Gasteiger partial charge on any atom is -0.492 e. The molecule has 2 N–H and O–H groups in total. The molecule has 1 fully saturated rings. The number of halogens is 1. The van der Waals surface area contributed by atoms with Crippen LogP contribution in [0.2, 0.25) is 5.02 Å². The van der Waals surface area contributed by atoms with E-state index in [1.54, 1.807) is 6.07 Å². The smallest absolute Gasteiger partial charge is 0.137 e. The van der Waals surface area contributed by atoms with Crippen LogP contribution in [0.1, 0.15) is 38.4 Å². The van der Waals surface area contributed by atoms with Crippen molar-refractivity contribution in [2.24, 2.45) is 0 Å². The number of hydrogen-bond donors (Lipinski definition) is 2. The van der Waals surface area contributed by atoms with E-state index in [4.69, 9.17) is 16.3 Å². The summed E-state index contributed by atoms with van der Waals surface area (Å²) in [5, 5.41) is 14.2. The second kappa shape index (κ2) is 5.91. The molecular formula is C14H20ClNO2. The first-order valence-electron chi connectivity index (χ1n) is 6.48. The van der Waals surface area contributed by atoms with E-state index >= 15 is 0 Å². The van der Waals surface area contributed by atoms with Crippen LogP contribution in [0.25, 0.3) is 0 Å². The molecule has 0 spiro atoms. The Kier molecular flexibility index (Phi) is 4.49. The normalized spacial score (nSPS) is 18.4. The van der Waals surface area contributed by atoms with Crippen molar-refractivity contribution in [3.63, 3.8) is 0 Å². The van der Waals surface area contributed by atoms with Gasteiger partial charge in [-0.25, -0.2) is 0 Å². The lowest BCUT2D eigenvalue weighted by Gasteiger charge is -2.21. The van der Waals surface area contributed by atoms with Crippen molar-refractivity contribution in [2.45, 2.75) is 44.9 Å². The summed E-state index contributed by atoms with van der Waals surface area (Å²) in [6, 6.07) is 6.07. The average molecular weight is 270 g/mol. The Morgan fingerprint density at radius 2 is 2.22 bits per heavy atom. The fourth-order valence-corrected chi connectivity index (χ4v) is 2.22. The van der Waals surface area contributed by atoms with E-state index in [0.717, 1.165) is 5.56 Å². The van der Waals surface area contributed by atoms with Crippen molar-refractivity contribution in [2.75, 3.05) is 6.61 Å². The number of aliphatic hydroxyl groups excluding tert-OH is 1. The Hall–Kier alpha value is -0.770. The molecule has 100 valence electrons. The zero-order valence-electron chi connectivity index (χ0n) is 10.8. The van der Waals surface area contributed by atoms with Crippen molar-refractivity contribution >= 4 is 11.6 Å². The van der Waals surface area contributed by atoms with Crippen LogP contribution < -0.4 is 10.1 Å². The first-order chi connectivity index (χ1) is 8.61. The van der Waals surface area contributed by atoms with Crippen LogP contribution in [-0.4, -0.2) is 23.8 Å². The average Bonchev–Trinajstić information content (AvgIpc) is 3.15. The first-order valence-corrected chi connectivity index (χ1v) is 6.86. The molecule has 2 rings (SSSR count). The molecule has 1 aromatic rings. The summed E-state index contributed by atoms with van der Waals surface area (Å²) in [4.78, 5) is 0. The van der Waals surface area contributed by atoms with Crippen molar-refractivity contribution in [3.05, 3.63) is 28.8 Å². The highest BCUT2D eigenvalue weighted by Gasteiger charge is 2.26. The SMILES string of the molecule is CCOc1ccc(C(O)C(C)NC2CC2)cc1Cl. The van der Waals surface area contributed by atoms with Gasteiger partial charge >= 0.3 is 0 Å². The molecule has 3 nitrogen and oxygen atoms in total. The largest absolute Gasteiger partial charge is 0.492 e. The maximum atomic E-state index is 10.2. The van der Waals surface area contributed by atoms with E-state index < -0.39 is 6.10 Å². The minimum atomic E-state index is -0.543. The van der Waals surface area contributed by atoms with Gasteiger partial charge in [0.05, 0.1) is 17.7 Å². The molecule has 0 aliphatic heterocycles. The molecule has 0 amide bonds. The zero-order chi connectivity index (χ0) is 13.1. The van der Waals surface area contributed by atoms with Gasteiger partial charge in [-0.1, -0.05) is 17.7 Å². The molecule has 1 saturated carbocycles. The topological polar surface area (TPSA) is 41.5 Å². The molecule has 0 aromatic heterocycles. The quantitative estimate of drug-likeness (QED) is 0.834. The van der Waals surface area contributed by atoms with Gasteiger partial charge in [-0.05, 0) is 44.4 Å². The number of aliphatic hydroxyl groups is 1. The zero-order valence-corrected chi connectivity index (χ0v) is 11.6. The molecule has 0 saturated heterocycles. The van der Waals surface area contributed by atoms with Crippen molar-refractivity contribution in [3.8, 4) is 5.75 Å². The van der Waals surface area contributed by atoms with Crippen molar-refractivity contribution in [1.29, 1.82) is 0 Å². The summed E-state index contributed by atoms with van der Waals surface area (Å²) in [5.74, 6) is 0.665. The molecule has 1 aromatic carbocycles. The third kappa shape index (κ3) is 3.37. The Morgan fingerprint density at radius 1 is 1.50 bits per heavy atom. The molecule has 0 heterocycles. The van der Waals surface area contributed by atoms with Gasteiger partial charge in [0.1, 0.15) is 5.75 Å². The number of ether oxygens (including phenoxy) is 1. The molecule has 1 aliphatic rings. The molecule has 2 unspecified atom stereocenters. The molecule has 18 heavy (non-hydrogen) atoms. The summed E-state index contributed by atoms with van der Waals surface area (Å²) < 4.78 is 5.38. The Balaban J connectivity index is 2.04. The van der Waals surface area contributed by atoms with Gasteiger partial charge in [-0.15, -0.1) is 0 Å². The van der Waals surface area contributed by atoms with Crippen LogP contribution in [-0.2, 0) is 0 Å². The van der Waals surface area contributed by atoms with Crippen molar-refractivity contribution < 1.29 is 9.84 Å². The predicted molar refractivity (Wildman–Crippen MR) is 73.2 cm³/mol. The van der Waals surface area contributed by atoms with Gasteiger partial charge < -0.3 is 15.2 Å².